The number of carboxylic acids is 1. The summed E-state index contributed by atoms with van der Waals surface area (Å²) in [6, 6.07) is 15.4. The molecule has 0 fully saturated rings. The summed E-state index contributed by atoms with van der Waals surface area (Å²) < 4.78 is 11.2. The Labute approximate surface area is 151 Å². The summed E-state index contributed by atoms with van der Waals surface area (Å²) in [7, 11) is 1.62. The number of carbonyl (C=O) groups is 1. The van der Waals surface area contributed by atoms with E-state index in [1.54, 1.807) is 7.11 Å². The van der Waals surface area contributed by atoms with Crippen LogP contribution in [0.2, 0.25) is 0 Å². The van der Waals surface area contributed by atoms with Crippen molar-refractivity contribution in [3.05, 3.63) is 59.5 Å². The number of aliphatic carboxylic acids is 1. The molecule has 0 radical (unpaired) electrons. The van der Waals surface area contributed by atoms with Crippen molar-refractivity contribution < 1.29 is 19.1 Å². The van der Waals surface area contributed by atoms with E-state index in [0.29, 0.717) is 16.7 Å². The minimum absolute atomic E-state index is 0.112. The molecule has 0 saturated heterocycles. The van der Waals surface area contributed by atoms with Crippen LogP contribution < -0.4 is 15.2 Å². The average Bonchev–Trinajstić information content (AvgIpc) is 2.67. The van der Waals surface area contributed by atoms with Gasteiger partial charge in [0.25, 0.3) is 0 Å². The van der Waals surface area contributed by atoms with Crippen LogP contribution in [0.3, 0.4) is 0 Å². The number of fused-ring (bicyclic) bond motifs is 1. The standard InChI is InChI=1S/C21H21NO4/c1-3-14-4-9-19-17(12-14)18(22-11-10-21(23)24)13-20(26-19)15-5-7-16(25-2)8-6-15/h4-9,12-13H,3,10-11H2,1-2H3,(H,23,24)/p-1. The van der Waals surface area contributed by atoms with Gasteiger partial charge < -0.3 is 19.1 Å². The molecular formula is C21H20NO4-. The number of nitrogens with zero attached hydrogens (tertiary/aromatic N) is 1. The van der Waals surface area contributed by atoms with Crippen LogP contribution >= 0.6 is 0 Å². The third-order valence-corrected chi connectivity index (χ3v) is 4.19. The van der Waals surface area contributed by atoms with Crippen molar-refractivity contribution in [1.82, 2.24) is 0 Å². The summed E-state index contributed by atoms with van der Waals surface area (Å²) in [6.07, 6.45) is 0.785. The van der Waals surface area contributed by atoms with Gasteiger partial charge in [-0.1, -0.05) is 13.0 Å². The van der Waals surface area contributed by atoms with Crippen molar-refractivity contribution in [2.75, 3.05) is 13.7 Å². The molecule has 0 aliphatic heterocycles. The molecule has 0 aliphatic rings. The van der Waals surface area contributed by atoms with Crippen molar-refractivity contribution in [3.8, 4) is 17.1 Å². The first-order valence-electron chi connectivity index (χ1n) is 8.52. The zero-order valence-corrected chi connectivity index (χ0v) is 14.8. The molecule has 5 heteroatoms. The highest BCUT2D eigenvalue weighted by Gasteiger charge is 2.07. The fraction of sp³-hybridized carbons (Fsp3) is 0.238. The van der Waals surface area contributed by atoms with Gasteiger partial charge in [0.1, 0.15) is 17.1 Å². The van der Waals surface area contributed by atoms with E-state index in [1.165, 1.54) is 5.56 Å². The highest BCUT2D eigenvalue weighted by molar-refractivity contribution is 5.79. The van der Waals surface area contributed by atoms with Gasteiger partial charge in [0.05, 0.1) is 12.5 Å². The first-order chi connectivity index (χ1) is 12.6. The van der Waals surface area contributed by atoms with Gasteiger partial charge in [-0.25, -0.2) is 0 Å². The number of rotatable bonds is 6. The first kappa shape index (κ1) is 17.7. The van der Waals surface area contributed by atoms with Gasteiger partial charge in [0.15, 0.2) is 0 Å². The minimum Gasteiger partial charge on any atom is -0.550 e. The topological polar surface area (TPSA) is 74.9 Å². The van der Waals surface area contributed by atoms with Crippen LogP contribution in [-0.2, 0) is 11.2 Å². The number of methoxy groups -OCH3 is 1. The lowest BCUT2D eigenvalue weighted by atomic mass is 10.1. The molecule has 0 N–H and O–H groups in total. The van der Waals surface area contributed by atoms with E-state index in [-0.39, 0.29) is 13.0 Å². The van der Waals surface area contributed by atoms with Gasteiger partial charge in [-0.2, -0.15) is 0 Å². The summed E-state index contributed by atoms with van der Waals surface area (Å²) in [6.45, 7) is 2.25. The van der Waals surface area contributed by atoms with Crippen LogP contribution in [0.15, 0.2) is 57.9 Å². The third-order valence-electron chi connectivity index (χ3n) is 4.19. The van der Waals surface area contributed by atoms with Gasteiger partial charge in [0, 0.05) is 36.0 Å². The molecule has 0 spiro atoms. The van der Waals surface area contributed by atoms with E-state index >= 15 is 0 Å². The van der Waals surface area contributed by atoms with E-state index in [4.69, 9.17) is 9.15 Å². The Kier molecular flexibility index (Phi) is 5.37. The molecular weight excluding hydrogens is 330 g/mol. The fourth-order valence-electron chi connectivity index (χ4n) is 2.73. The number of carboxylic acid groups (broad SMARTS) is 1. The number of ether oxygens (including phenoxy) is 1. The van der Waals surface area contributed by atoms with Crippen LogP contribution in [0, 0.1) is 0 Å². The predicted octanol–water partition coefficient (Wildman–Crippen LogP) is 2.71. The molecule has 0 atom stereocenters. The largest absolute Gasteiger partial charge is 0.550 e. The molecule has 134 valence electrons. The average molecular weight is 350 g/mol. The normalized spacial score (nSPS) is 11.7. The smallest absolute Gasteiger partial charge is 0.136 e. The SMILES string of the molecule is CCc1ccc2oc(-c3ccc(OC)cc3)cc(=NCCC(=O)[O-])c2c1. The van der Waals surface area contributed by atoms with E-state index in [2.05, 4.69) is 11.9 Å². The molecule has 3 aromatic rings. The number of hydrogen-bond acceptors (Lipinski definition) is 5. The van der Waals surface area contributed by atoms with Crippen LogP contribution in [0.25, 0.3) is 22.3 Å². The van der Waals surface area contributed by atoms with E-state index < -0.39 is 5.97 Å². The summed E-state index contributed by atoms with van der Waals surface area (Å²) in [5, 5.41) is 12.3. The van der Waals surface area contributed by atoms with Crippen molar-refractivity contribution in [1.29, 1.82) is 0 Å². The van der Waals surface area contributed by atoms with Gasteiger partial charge in [-0.05, 0) is 48.4 Å². The minimum atomic E-state index is -1.11. The summed E-state index contributed by atoms with van der Waals surface area (Å²) in [4.78, 5) is 15.2. The molecule has 0 aliphatic carbocycles. The van der Waals surface area contributed by atoms with E-state index in [9.17, 15) is 9.90 Å². The second-order valence-electron chi connectivity index (χ2n) is 5.91. The van der Waals surface area contributed by atoms with Gasteiger partial charge >= 0.3 is 0 Å². The quantitative estimate of drug-likeness (QED) is 0.685. The Morgan fingerprint density at radius 1 is 1.15 bits per heavy atom. The molecule has 1 aromatic heterocycles. The molecule has 0 saturated carbocycles. The highest BCUT2D eigenvalue weighted by atomic mass is 16.5. The second kappa shape index (κ2) is 7.87. The zero-order chi connectivity index (χ0) is 18.5. The van der Waals surface area contributed by atoms with Gasteiger partial charge in [0.2, 0.25) is 0 Å². The maximum absolute atomic E-state index is 10.7. The molecule has 0 unspecified atom stereocenters. The lowest BCUT2D eigenvalue weighted by Crippen LogP contribution is -2.23. The van der Waals surface area contributed by atoms with Crippen molar-refractivity contribution in [2.24, 2.45) is 4.99 Å². The highest BCUT2D eigenvalue weighted by Crippen LogP contribution is 2.25. The van der Waals surface area contributed by atoms with E-state index in [0.717, 1.165) is 23.1 Å². The second-order valence-corrected chi connectivity index (χ2v) is 5.91. The Bertz CT molecular complexity index is 987. The Balaban J connectivity index is 2.14. The van der Waals surface area contributed by atoms with Crippen LogP contribution in [0.1, 0.15) is 18.9 Å². The number of aryl methyl sites for hydroxylation is 1. The van der Waals surface area contributed by atoms with Crippen LogP contribution in [0.4, 0.5) is 0 Å². The lowest BCUT2D eigenvalue weighted by Gasteiger charge is -2.07. The van der Waals surface area contributed by atoms with Crippen LogP contribution in [0.5, 0.6) is 5.75 Å². The number of carbonyl (C=O) groups excluding carboxylic acids is 1. The van der Waals surface area contributed by atoms with Crippen molar-refractivity contribution in [3.63, 3.8) is 0 Å². The monoisotopic (exact) mass is 350 g/mol. The fourth-order valence-corrected chi connectivity index (χ4v) is 2.73. The first-order valence-corrected chi connectivity index (χ1v) is 8.52. The maximum atomic E-state index is 10.7. The Hall–Kier alpha value is -3.08. The van der Waals surface area contributed by atoms with E-state index in [1.807, 2.05) is 48.5 Å². The Morgan fingerprint density at radius 2 is 1.92 bits per heavy atom. The van der Waals surface area contributed by atoms with Crippen molar-refractivity contribution in [2.45, 2.75) is 19.8 Å². The molecule has 2 aromatic carbocycles. The summed E-state index contributed by atoms with van der Waals surface area (Å²) in [5.41, 5.74) is 2.77. The molecule has 26 heavy (non-hydrogen) atoms. The van der Waals surface area contributed by atoms with Crippen LogP contribution in [-0.4, -0.2) is 19.6 Å². The van der Waals surface area contributed by atoms with Gasteiger partial charge in [-0.15, -0.1) is 0 Å². The van der Waals surface area contributed by atoms with Crippen molar-refractivity contribution >= 4 is 16.9 Å². The third kappa shape index (κ3) is 3.94. The summed E-state index contributed by atoms with van der Waals surface area (Å²) in [5.74, 6) is 0.320. The molecule has 0 amide bonds. The summed E-state index contributed by atoms with van der Waals surface area (Å²) >= 11 is 0. The zero-order valence-electron chi connectivity index (χ0n) is 14.8. The lowest BCUT2D eigenvalue weighted by molar-refractivity contribution is -0.305. The molecule has 5 nitrogen and oxygen atoms in total. The number of benzene rings is 2. The molecule has 1 heterocycles. The Morgan fingerprint density at radius 3 is 2.58 bits per heavy atom. The number of hydrogen-bond donors (Lipinski definition) is 0. The maximum Gasteiger partial charge on any atom is 0.136 e. The molecule has 0 bridgehead atoms. The predicted molar refractivity (Wildman–Crippen MR) is 97.6 cm³/mol. The van der Waals surface area contributed by atoms with Gasteiger partial charge in [-0.3, -0.25) is 4.99 Å². The molecule has 3 rings (SSSR count).